The number of aromatic nitrogens is 1. The zero-order valence-corrected chi connectivity index (χ0v) is 15.2. The van der Waals surface area contributed by atoms with Crippen molar-refractivity contribution in [2.24, 2.45) is 0 Å². The quantitative estimate of drug-likeness (QED) is 0.731. The van der Waals surface area contributed by atoms with Crippen molar-refractivity contribution >= 4 is 40.5 Å². The summed E-state index contributed by atoms with van der Waals surface area (Å²) in [4.78, 5) is 18.4. The fourth-order valence-electron chi connectivity index (χ4n) is 2.08. The molecule has 0 saturated heterocycles. The van der Waals surface area contributed by atoms with E-state index in [1.54, 1.807) is 30.5 Å². The second kappa shape index (κ2) is 8.87. The van der Waals surface area contributed by atoms with Crippen LogP contribution in [0.2, 0.25) is 10.0 Å². The maximum Gasteiger partial charge on any atom is 0.252 e. The number of pyridine rings is 1. The second-order valence-electron chi connectivity index (χ2n) is 5.62. The average Bonchev–Trinajstić information content (AvgIpc) is 2.55. The lowest BCUT2D eigenvalue weighted by Gasteiger charge is -2.11. The zero-order valence-electron chi connectivity index (χ0n) is 13.6. The first-order chi connectivity index (χ1) is 11.5. The number of rotatable bonds is 7. The molecule has 0 aliphatic carbocycles. The molecule has 0 aliphatic rings. The second-order valence-corrected chi connectivity index (χ2v) is 6.47. The number of amides is 1. The van der Waals surface area contributed by atoms with E-state index in [9.17, 15) is 4.79 Å². The summed E-state index contributed by atoms with van der Waals surface area (Å²) in [5.41, 5.74) is 1.82. The number of nitrogens with zero attached hydrogens (tertiary/aromatic N) is 2. The van der Waals surface area contributed by atoms with E-state index in [-0.39, 0.29) is 5.91 Å². The monoisotopic (exact) mass is 366 g/mol. The molecule has 2 aromatic rings. The third kappa shape index (κ3) is 5.67. The molecule has 0 spiro atoms. The topological polar surface area (TPSA) is 57.3 Å². The number of hydrogen-bond acceptors (Lipinski definition) is 4. The van der Waals surface area contributed by atoms with Crippen molar-refractivity contribution in [3.63, 3.8) is 0 Å². The Balaban J connectivity index is 2.00. The Morgan fingerprint density at radius 3 is 2.75 bits per heavy atom. The molecule has 0 bridgehead atoms. The highest BCUT2D eigenvalue weighted by molar-refractivity contribution is 6.35. The van der Waals surface area contributed by atoms with Gasteiger partial charge in [-0.25, -0.2) is 0 Å². The van der Waals surface area contributed by atoms with E-state index in [1.807, 2.05) is 14.1 Å². The number of hydrogen-bond donors (Lipinski definition) is 2. The Morgan fingerprint density at radius 2 is 2.00 bits per heavy atom. The molecule has 0 saturated carbocycles. The molecule has 1 aromatic carbocycles. The minimum Gasteiger partial charge on any atom is -0.353 e. The number of nitrogens with one attached hydrogen (secondary N) is 2. The summed E-state index contributed by atoms with van der Waals surface area (Å²) >= 11 is 12.1. The van der Waals surface area contributed by atoms with Gasteiger partial charge in [-0.15, -0.1) is 0 Å². The summed E-state index contributed by atoms with van der Waals surface area (Å²) in [5.74, 6) is -0.151. The molecule has 24 heavy (non-hydrogen) atoms. The van der Waals surface area contributed by atoms with Crippen molar-refractivity contribution in [2.45, 2.75) is 6.42 Å². The number of anilines is 2. The highest BCUT2D eigenvalue weighted by atomic mass is 35.5. The van der Waals surface area contributed by atoms with E-state index in [1.165, 1.54) is 6.20 Å². The van der Waals surface area contributed by atoms with Crippen LogP contribution in [-0.4, -0.2) is 43.0 Å². The maximum atomic E-state index is 12.2. The normalized spacial score (nSPS) is 10.7. The summed E-state index contributed by atoms with van der Waals surface area (Å²) in [7, 11) is 4.00. The molecular weight excluding hydrogens is 347 g/mol. The molecule has 2 rings (SSSR count). The van der Waals surface area contributed by atoms with Crippen LogP contribution in [-0.2, 0) is 0 Å². The van der Waals surface area contributed by atoms with E-state index in [0.717, 1.165) is 13.0 Å². The maximum absolute atomic E-state index is 12.2. The van der Waals surface area contributed by atoms with Crippen LogP contribution in [0.4, 0.5) is 11.4 Å². The minimum absolute atomic E-state index is 0.151. The Morgan fingerprint density at radius 1 is 1.21 bits per heavy atom. The fraction of sp³-hybridized carbons (Fsp3) is 0.294. The van der Waals surface area contributed by atoms with Gasteiger partial charge in [0, 0.05) is 17.8 Å². The first kappa shape index (κ1) is 18.5. The van der Waals surface area contributed by atoms with E-state index in [4.69, 9.17) is 23.2 Å². The van der Waals surface area contributed by atoms with E-state index >= 15 is 0 Å². The van der Waals surface area contributed by atoms with Gasteiger partial charge in [0.05, 0.1) is 28.2 Å². The van der Waals surface area contributed by atoms with Crippen molar-refractivity contribution in [1.29, 1.82) is 0 Å². The molecular formula is C17H20Cl2N4O. The van der Waals surface area contributed by atoms with Crippen LogP contribution in [0.5, 0.6) is 0 Å². The van der Waals surface area contributed by atoms with Crippen LogP contribution in [0.25, 0.3) is 0 Å². The van der Waals surface area contributed by atoms with Crippen LogP contribution < -0.4 is 10.6 Å². The minimum atomic E-state index is -0.151. The van der Waals surface area contributed by atoms with Gasteiger partial charge < -0.3 is 15.5 Å². The molecule has 0 fully saturated rings. The largest absolute Gasteiger partial charge is 0.353 e. The Labute approximate surface area is 152 Å². The smallest absolute Gasteiger partial charge is 0.252 e. The van der Waals surface area contributed by atoms with Crippen LogP contribution >= 0.6 is 23.2 Å². The Bertz CT molecular complexity index is 707. The van der Waals surface area contributed by atoms with E-state index < -0.39 is 0 Å². The van der Waals surface area contributed by atoms with Gasteiger partial charge in [-0.3, -0.25) is 9.78 Å². The van der Waals surface area contributed by atoms with Crippen molar-refractivity contribution < 1.29 is 4.79 Å². The molecule has 2 N–H and O–H groups in total. The molecule has 7 heteroatoms. The first-order valence-electron chi connectivity index (χ1n) is 7.56. The van der Waals surface area contributed by atoms with E-state index in [0.29, 0.717) is 33.5 Å². The van der Waals surface area contributed by atoms with Crippen molar-refractivity contribution in [3.8, 4) is 0 Å². The summed E-state index contributed by atoms with van der Waals surface area (Å²) in [6.07, 6.45) is 4.05. The van der Waals surface area contributed by atoms with Gasteiger partial charge in [0.15, 0.2) is 0 Å². The molecule has 1 aromatic heterocycles. The van der Waals surface area contributed by atoms with Crippen LogP contribution in [0, 0.1) is 0 Å². The van der Waals surface area contributed by atoms with Gasteiger partial charge in [-0.2, -0.15) is 0 Å². The Kier molecular flexibility index (Phi) is 6.85. The van der Waals surface area contributed by atoms with E-state index in [2.05, 4.69) is 20.5 Å². The number of halogens is 2. The third-order valence-electron chi connectivity index (χ3n) is 3.28. The molecule has 1 amide bonds. The fourth-order valence-corrected chi connectivity index (χ4v) is 2.42. The third-order valence-corrected chi connectivity index (χ3v) is 3.84. The standard InChI is InChI=1S/C17H20Cl2N4O/c1-23(2)7-3-6-21-17(24)12-8-14(11-20-10-12)22-16-9-13(18)4-5-15(16)19/h4-5,8-11,22H,3,6-7H2,1-2H3,(H,21,24). The van der Waals surface area contributed by atoms with Crippen molar-refractivity contribution in [1.82, 2.24) is 15.2 Å². The predicted octanol–water partition coefficient (Wildman–Crippen LogP) is 3.81. The van der Waals surface area contributed by atoms with Crippen molar-refractivity contribution in [2.75, 3.05) is 32.5 Å². The summed E-state index contributed by atoms with van der Waals surface area (Å²) < 4.78 is 0. The van der Waals surface area contributed by atoms with Gasteiger partial charge in [0.2, 0.25) is 0 Å². The van der Waals surface area contributed by atoms with Crippen LogP contribution in [0.3, 0.4) is 0 Å². The van der Waals surface area contributed by atoms with Crippen LogP contribution in [0.15, 0.2) is 36.7 Å². The molecule has 0 aliphatic heterocycles. The first-order valence-corrected chi connectivity index (χ1v) is 8.31. The number of carbonyl (C=O) groups excluding carboxylic acids is 1. The molecule has 0 atom stereocenters. The summed E-state index contributed by atoms with van der Waals surface area (Å²) in [5, 5.41) is 7.12. The molecule has 1 heterocycles. The Hall–Kier alpha value is -1.82. The molecule has 5 nitrogen and oxygen atoms in total. The lowest BCUT2D eigenvalue weighted by molar-refractivity contribution is 0.0952. The van der Waals surface area contributed by atoms with Crippen molar-refractivity contribution in [3.05, 3.63) is 52.3 Å². The summed E-state index contributed by atoms with van der Waals surface area (Å²) in [6.45, 7) is 1.54. The van der Waals surface area contributed by atoms with Crippen LogP contribution in [0.1, 0.15) is 16.8 Å². The zero-order chi connectivity index (χ0) is 17.5. The highest BCUT2D eigenvalue weighted by Crippen LogP contribution is 2.28. The highest BCUT2D eigenvalue weighted by Gasteiger charge is 2.08. The average molecular weight is 367 g/mol. The number of benzene rings is 1. The molecule has 0 radical (unpaired) electrons. The lowest BCUT2D eigenvalue weighted by atomic mass is 10.2. The van der Waals surface area contributed by atoms with Gasteiger partial charge >= 0.3 is 0 Å². The van der Waals surface area contributed by atoms with Gasteiger partial charge in [-0.05, 0) is 51.3 Å². The molecule has 0 unspecified atom stereocenters. The van der Waals surface area contributed by atoms with Gasteiger partial charge in [0.25, 0.3) is 5.91 Å². The van der Waals surface area contributed by atoms with Gasteiger partial charge in [0.1, 0.15) is 0 Å². The predicted molar refractivity (Wildman–Crippen MR) is 99.5 cm³/mol. The van der Waals surface area contributed by atoms with Gasteiger partial charge in [-0.1, -0.05) is 23.2 Å². The summed E-state index contributed by atoms with van der Waals surface area (Å²) in [6, 6.07) is 6.87. The molecule has 128 valence electrons. The lowest BCUT2D eigenvalue weighted by Crippen LogP contribution is -2.27. The number of carbonyl (C=O) groups is 1. The SMILES string of the molecule is CN(C)CCCNC(=O)c1cncc(Nc2cc(Cl)ccc2Cl)c1.